The Hall–Kier alpha value is 0.310. The van der Waals surface area contributed by atoms with E-state index in [-0.39, 0.29) is 0 Å². The molecule has 17 heavy (non-hydrogen) atoms. The Morgan fingerprint density at radius 1 is 1.06 bits per heavy atom. The van der Waals surface area contributed by atoms with Crippen LogP contribution in [0.25, 0.3) is 0 Å². The molecule has 2 heteroatoms. The van der Waals surface area contributed by atoms with Gasteiger partial charge in [0.05, 0.1) is 0 Å². The van der Waals surface area contributed by atoms with Gasteiger partial charge in [0.2, 0.25) is 0 Å². The fourth-order valence-electron chi connectivity index (χ4n) is 3.87. The van der Waals surface area contributed by atoms with Gasteiger partial charge in [-0.2, -0.15) is 12.6 Å². The van der Waals surface area contributed by atoms with E-state index >= 15 is 0 Å². The van der Waals surface area contributed by atoms with Gasteiger partial charge in [-0.1, -0.05) is 39.0 Å². The first kappa shape index (κ1) is 13.7. The molecule has 2 aliphatic carbocycles. The van der Waals surface area contributed by atoms with Crippen LogP contribution >= 0.6 is 12.6 Å². The van der Waals surface area contributed by atoms with Gasteiger partial charge >= 0.3 is 0 Å². The highest BCUT2D eigenvalue weighted by Gasteiger charge is 2.34. The second-order valence-corrected chi connectivity index (χ2v) is 6.54. The minimum atomic E-state index is 0.542. The average molecular weight is 255 g/mol. The van der Waals surface area contributed by atoms with E-state index in [1.807, 2.05) is 0 Å². The first-order valence-corrected chi connectivity index (χ1v) is 8.28. The first-order chi connectivity index (χ1) is 8.29. The Kier molecular flexibility index (Phi) is 5.23. The number of nitrogens with zero attached hydrogens (tertiary/aromatic N) is 1. The number of hydrogen-bond acceptors (Lipinski definition) is 2. The maximum absolute atomic E-state index is 4.68. The standard InChI is InChI=1S/C15H29NS/c1-2-16(14-8-4-5-9-14)12-15(13-17)10-6-3-7-11-15/h14,17H,2-13H2,1H3. The van der Waals surface area contributed by atoms with E-state index in [4.69, 9.17) is 0 Å². The van der Waals surface area contributed by atoms with E-state index < -0.39 is 0 Å². The van der Waals surface area contributed by atoms with E-state index in [2.05, 4.69) is 24.5 Å². The third-order valence-corrected chi connectivity index (χ3v) is 5.71. The zero-order chi connectivity index (χ0) is 12.1. The van der Waals surface area contributed by atoms with Crippen LogP contribution < -0.4 is 0 Å². The van der Waals surface area contributed by atoms with E-state index in [0.29, 0.717) is 5.41 Å². The molecule has 2 rings (SSSR count). The highest BCUT2D eigenvalue weighted by molar-refractivity contribution is 7.80. The van der Waals surface area contributed by atoms with Crippen molar-refractivity contribution in [2.75, 3.05) is 18.8 Å². The lowest BCUT2D eigenvalue weighted by Gasteiger charge is -2.42. The highest BCUT2D eigenvalue weighted by atomic mass is 32.1. The van der Waals surface area contributed by atoms with Crippen molar-refractivity contribution in [1.82, 2.24) is 4.90 Å². The second-order valence-electron chi connectivity index (χ2n) is 6.22. The molecule has 0 heterocycles. The molecular formula is C15H29NS. The molecule has 0 spiro atoms. The summed E-state index contributed by atoms with van der Waals surface area (Å²) in [5.74, 6) is 1.09. The summed E-state index contributed by atoms with van der Waals surface area (Å²) in [6, 6.07) is 0.888. The van der Waals surface area contributed by atoms with Crippen LogP contribution in [0.1, 0.15) is 64.7 Å². The molecule has 2 saturated carbocycles. The van der Waals surface area contributed by atoms with Gasteiger partial charge in [0.1, 0.15) is 0 Å². The lowest BCUT2D eigenvalue weighted by molar-refractivity contribution is 0.0982. The van der Waals surface area contributed by atoms with Crippen molar-refractivity contribution in [3.63, 3.8) is 0 Å². The largest absolute Gasteiger partial charge is 0.300 e. The number of thiol groups is 1. The zero-order valence-electron chi connectivity index (χ0n) is 11.5. The number of rotatable bonds is 5. The molecule has 0 atom stereocenters. The van der Waals surface area contributed by atoms with Gasteiger partial charge in [0.15, 0.2) is 0 Å². The van der Waals surface area contributed by atoms with Crippen LogP contribution in [0.15, 0.2) is 0 Å². The molecule has 0 radical (unpaired) electrons. The van der Waals surface area contributed by atoms with Gasteiger partial charge in [-0.05, 0) is 43.4 Å². The van der Waals surface area contributed by atoms with Gasteiger partial charge < -0.3 is 4.90 Å². The third kappa shape index (κ3) is 3.41. The van der Waals surface area contributed by atoms with Gasteiger partial charge in [0.25, 0.3) is 0 Å². The Balaban J connectivity index is 1.94. The summed E-state index contributed by atoms with van der Waals surface area (Å²) < 4.78 is 0. The average Bonchev–Trinajstić information content (AvgIpc) is 2.91. The fourth-order valence-corrected chi connectivity index (χ4v) is 4.28. The molecule has 0 bridgehead atoms. The van der Waals surface area contributed by atoms with Crippen molar-refractivity contribution in [2.45, 2.75) is 70.8 Å². The summed E-state index contributed by atoms with van der Waals surface area (Å²) >= 11 is 4.68. The normalized spacial score (nSPS) is 25.6. The topological polar surface area (TPSA) is 3.24 Å². The lowest BCUT2D eigenvalue weighted by atomic mass is 9.75. The van der Waals surface area contributed by atoms with Gasteiger partial charge in [-0.15, -0.1) is 0 Å². The molecule has 2 aliphatic rings. The minimum absolute atomic E-state index is 0.542. The highest BCUT2D eigenvalue weighted by Crippen LogP contribution is 2.39. The Labute approximate surface area is 113 Å². The quantitative estimate of drug-likeness (QED) is 0.723. The Morgan fingerprint density at radius 3 is 2.24 bits per heavy atom. The molecule has 0 amide bonds. The van der Waals surface area contributed by atoms with Crippen LogP contribution in [0.4, 0.5) is 0 Å². The SMILES string of the molecule is CCN(CC1(CS)CCCCC1)C1CCCC1. The zero-order valence-corrected chi connectivity index (χ0v) is 12.4. The molecule has 0 aliphatic heterocycles. The second kappa shape index (κ2) is 6.47. The van der Waals surface area contributed by atoms with Crippen molar-refractivity contribution in [3.05, 3.63) is 0 Å². The van der Waals surface area contributed by atoms with Gasteiger partial charge in [0, 0.05) is 12.6 Å². The number of hydrogen-bond donors (Lipinski definition) is 1. The van der Waals surface area contributed by atoms with Gasteiger partial charge in [-0.3, -0.25) is 0 Å². The van der Waals surface area contributed by atoms with E-state index in [0.717, 1.165) is 11.8 Å². The predicted octanol–water partition coefficient (Wildman–Crippen LogP) is 4.13. The molecular weight excluding hydrogens is 226 g/mol. The summed E-state index contributed by atoms with van der Waals surface area (Å²) in [4.78, 5) is 2.77. The summed E-state index contributed by atoms with van der Waals surface area (Å²) in [6.45, 7) is 4.89. The monoisotopic (exact) mass is 255 g/mol. The summed E-state index contributed by atoms with van der Waals surface area (Å²) in [7, 11) is 0. The molecule has 2 fully saturated rings. The predicted molar refractivity (Wildman–Crippen MR) is 78.9 cm³/mol. The van der Waals surface area contributed by atoms with Crippen molar-refractivity contribution >= 4 is 12.6 Å². The van der Waals surface area contributed by atoms with E-state index in [9.17, 15) is 0 Å². The van der Waals surface area contributed by atoms with Crippen molar-refractivity contribution < 1.29 is 0 Å². The van der Waals surface area contributed by atoms with Crippen LogP contribution in [0.5, 0.6) is 0 Å². The Morgan fingerprint density at radius 2 is 1.71 bits per heavy atom. The molecule has 0 aromatic heterocycles. The summed E-state index contributed by atoms with van der Waals surface area (Å²) in [5.41, 5.74) is 0.542. The van der Waals surface area contributed by atoms with E-state index in [1.165, 1.54) is 70.9 Å². The molecule has 0 saturated heterocycles. The fraction of sp³-hybridized carbons (Fsp3) is 1.00. The Bertz CT molecular complexity index is 217. The van der Waals surface area contributed by atoms with Gasteiger partial charge in [-0.25, -0.2) is 0 Å². The molecule has 0 aromatic rings. The maximum atomic E-state index is 4.68. The van der Waals surface area contributed by atoms with Crippen molar-refractivity contribution in [3.8, 4) is 0 Å². The summed E-state index contributed by atoms with van der Waals surface area (Å²) in [6.07, 6.45) is 12.9. The summed E-state index contributed by atoms with van der Waals surface area (Å²) in [5, 5.41) is 0. The molecule has 1 nitrogen and oxygen atoms in total. The minimum Gasteiger partial charge on any atom is -0.300 e. The van der Waals surface area contributed by atoms with Crippen LogP contribution in [-0.2, 0) is 0 Å². The smallest absolute Gasteiger partial charge is 0.00953 e. The molecule has 0 unspecified atom stereocenters. The van der Waals surface area contributed by atoms with Crippen LogP contribution in [-0.4, -0.2) is 29.8 Å². The maximum Gasteiger partial charge on any atom is 0.00953 e. The van der Waals surface area contributed by atoms with Crippen LogP contribution in [0, 0.1) is 5.41 Å². The van der Waals surface area contributed by atoms with E-state index in [1.54, 1.807) is 0 Å². The molecule has 0 aromatic carbocycles. The first-order valence-electron chi connectivity index (χ1n) is 7.64. The third-order valence-electron chi connectivity index (χ3n) is 5.04. The van der Waals surface area contributed by atoms with Crippen LogP contribution in [0.2, 0.25) is 0 Å². The lowest BCUT2D eigenvalue weighted by Crippen LogP contribution is -2.44. The molecule has 0 N–H and O–H groups in total. The van der Waals surface area contributed by atoms with Crippen molar-refractivity contribution in [1.29, 1.82) is 0 Å². The van der Waals surface area contributed by atoms with Crippen molar-refractivity contribution in [2.24, 2.45) is 5.41 Å². The van der Waals surface area contributed by atoms with Crippen LogP contribution in [0.3, 0.4) is 0 Å². The molecule has 100 valence electrons.